The summed E-state index contributed by atoms with van der Waals surface area (Å²) in [7, 11) is 0. The van der Waals surface area contributed by atoms with Crippen molar-refractivity contribution >= 4 is 31.1 Å². The number of urea groups is 2. The van der Waals surface area contributed by atoms with Crippen LogP contribution in [-0.2, 0) is 34.8 Å². The number of carbonyl (C=O) groups is 5. The van der Waals surface area contributed by atoms with Gasteiger partial charge in [0.15, 0.2) is 12.6 Å². The van der Waals surface area contributed by atoms with Crippen molar-refractivity contribution in [1.82, 2.24) is 40.7 Å². The largest absolute Gasteiger partial charge is 1.00 e. The van der Waals surface area contributed by atoms with Crippen LogP contribution in [0, 0.1) is 39.8 Å². The van der Waals surface area contributed by atoms with Crippen LogP contribution in [0.2, 0.25) is 0 Å². The summed E-state index contributed by atoms with van der Waals surface area (Å²) >= 11 is 0. The minimum Gasteiger partial charge on any atom is -1.00 e. The fourth-order valence-corrected chi connectivity index (χ4v) is 8.96. The number of nitrogens with two attached hydrogens (primary N) is 1. The number of nitrogens with zero attached hydrogens (tertiary/aromatic N) is 8. The molecule has 9 aromatic rings. The Kier molecular flexibility index (Phi) is 36.5. The molecule has 6 aromatic carbocycles. The molecule has 0 radical (unpaired) electrons. The molecular weight excluding hydrogens is 1450 g/mol. The first kappa shape index (κ1) is 87.8. The number of rotatable bonds is 17. The SMILES string of the molecule is N#Cc1cc(C(F)(F)F)ccc1F.N#Cc1cc(C(F)(F)F)ccc1Oc1ccc(-c2cccc(C=O)n2)cc1.N#Cc1cc(C(F)(F)F)ccc1Oc1ccc(-c2cccc(CNCCN3CCNC3=O)n2)cc1.NCCN1CCNC1=O.O=CO[O-].O=Cc1cccc(-c2ccc(O)cc2)n1.[H-].[K+].[K+]. The summed E-state index contributed by atoms with van der Waals surface area (Å²) in [5.41, 5.74) is 7.45. The predicted octanol–water partition coefficient (Wildman–Crippen LogP) is 6.30. The predicted molar refractivity (Wildman–Crippen MR) is 349 cm³/mol. The Labute approximate surface area is 679 Å². The third-order valence-electron chi connectivity index (χ3n) is 14.0. The Morgan fingerprint density at radius 1 is 0.552 bits per heavy atom. The Balaban J connectivity index is 0.000000362. The molecular formula is C71H58F10K2N12O10. The first-order valence-electron chi connectivity index (χ1n) is 30.1. The fourth-order valence-electron chi connectivity index (χ4n) is 8.96. The van der Waals surface area contributed by atoms with Gasteiger partial charge in [-0.1, -0.05) is 18.2 Å². The van der Waals surface area contributed by atoms with Gasteiger partial charge in [0.2, 0.25) is 0 Å². The number of phenols is 1. The number of amides is 4. The van der Waals surface area contributed by atoms with E-state index >= 15 is 0 Å². The van der Waals surface area contributed by atoms with Gasteiger partial charge in [0.05, 0.1) is 56.2 Å². The van der Waals surface area contributed by atoms with E-state index in [2.05, 4.69) is 35.8 Å². The number of aldehydes is 2. The van der Waals surface area contributed by atoms with Gasteiger partial charge in [0.25, 0.3) is 6.47 Å². The number of pyridine rings is 3. The molecule has 0 atom stereocenters. The number of phenolic OH excluding ortho intramolecular Hbond substituents is 1. The number of carbonyl (C=O) groups excluding carboxylic acids is 5. The third kappa shape index (κ3) is 28.4. The summed E-state index contributed by atoms with van der Waals surface area (Å²) in [6.07, 6.45) is -12.2. The summed E-state index contributed by atoms with van der Waals surface area (Å²) < 4.78 is 137. The number of ether oxygens (including phenoxy) is 2. The van der Waals surface area contributed by atoms with Gasteiger partial charge in [-0.25, -0.2) is 23.9 Å². The van der Waals surface area contributed by atoms with Gasteiger partial charge in [-0.2, -0.15) is 55.3 Å². The molecule has 34 heteroatoms. The minimum atomic E-state index is -4.54. The Morgan fingerprint density at radius 2 is 0.933 bits per heavy atom. The molecule has 4 amide bonds. The van der Waals surface area contributed by atoms with Crippen LogP contribution in [0.5, 0.6) is 28.7 Å². The van der Waals surface area contributed by atoms with Crippen molar-refractivity contribution in [3.05, 3.63) is 238 Å². The minimum absolute atomic E-state index is 0. The van der Waals surface area contributed by atoms with Crippen molar-refractivity contribution in [3.63, 3.8) is 0 Å². The van der Waals surface area contributed by atoms with E-state index in [1.54, 1.807) is 125 Å². The molecule has 22 nitrogen and oxygen atoms in total. The van der Waals surface area contributed by atoms with E-state index in [9.17, 15) is 68.3 Å². The quantitative estimate of drug-likeness (QED) is 0.0167. The van der Waals surface area contributed by atoms with Crippen LogP contribution in [-0.4, -0.2) is 113 Å². The average Bonchev–Trinajstić information content (AvgIpc) is 0.881. The van der Waals surface area contributed by atoms with Crippen molar-refractivity contribution in [2.75, 3.05) is 52.4 Å². The number of aromatic nitrogens is 3. The molecule has 2 aliphatic rings. The molecule has 2 fully saturated rings. The van der Waals surface area contributed by atoms with E-state index in [1.165, 1.54) is 6.07 Å². The van der Waals surface area contributed by atoms with Gasteiger partial charge >= 0.3 is 133 Å². The normalized spacial score (nSPS) is 11.8. The zero-order valence-electron chi connectivity index (χ0n) is 56.5. The molecule has 6 N–H and O–H groups in total. The molecule has 0 saturated carbocycles. The molecule has 0 spiro atoms. The van der Waals surface area contributed by atoms with Crippen molar-refractivity contribution in [1.29, 1.82) is 15.8 Å². The van der Waals surface area contributed by atoms with Gasteiger partial charge in [-0.3, -0.25) is 19.4 Å². The zero-order valence-corrected chi connectivity index (χ0v) is 61.7. The van der Waals surface area contributed by atoms with Crippen LogP contribution < -0.4 is 139 Å². The number of benzene rings is 6. The van der Waals surface area contributed by atoms with Crippen LogP contribution in [0.3, 0.4) is 0 Å². The zero-order chi connectivity index (χ0) is 75.1. The number of halogens is 10. The molecule has 5 heterocycles. The van der Waals surface area contributed by atoms with Crippen molar-refractivity contribution in [3.8, 4) is 80.7 Å². The second kappa shape index (κ2) is 43.7. The number of hydrogen-bond acceptors (Lipinski definition) is 18. The average molecular weight is 1510 g/mol. The molecule has 11 rings (SSSR count). The second-order valence-electron chi connectivity index (χ2n) is 21.0. The van der Waals surface area contributed by atoms with Crippen molar-refractivity contribution < 1.29 is 197 Å². The molecule has 0 bridgehead atoms. The molecule has 0 unspecified atom stereocenters. The molecule has 3 aromatic heterocycles. The molecule has 105 heavy (non-hydrogen) atoms. The summed E-state index contributed by atoms with van der Waals surface area (Å²) in [6.45, 7) is 5.82. The maximum atomic E-state index is 12.9. The topological polar surface area (TPSA) is 335 Å². The van der Waals surface area contributed by atoms with E-state index in [1.807, 2.05) is 24.3 Å². The van der Waals surface area contributed by atoms with Crippen molar-refractivity contribution in [2.45, 2.75) is 25.1 Å². The summed E-state index contributed by atoms with van der Waals surface area (Å²) in [5, 5.41) is 52.9. The van der Waals surface area contributed by atoms with Gasteiger partial charge in [-0.05, 0) is 164 Å². The maximum Gasteiger partial charge on any atom is 1.00 e. The number of aromatic hydroxyl groups is 1. The molecule has 2 saturated heterocycles. The van der Waals surface area contributed by atoms with Gasteiger partial charge < -0.3 is 57.6 Å². The fraction of sp³-hybridized carbons (Fsp3) is 0.169. The van der Waals surface area contributed by atoms with Crippen LogP contribution in [0.25, 0.3) is 33.8 Å². The van der Waals surface area contributed by atoms with Crippen LogP contribution in [0.4, 0.5) is 53.5 Å². The molecule has 534 valence electrons. The number of hydrogen-bond donors (Lipinski definition) is 5. The molecule has 2 aliphatic heterocycles. The van der Waals surface area contributed by atoms with Crippen LogP contribution in [0.15, 0.2) is 182 Å². The van der Waals surface area contributed by atoms with Crippen molar-refractivity contribution in [2.24, 2.45) is 5.73 Å². The summed E-state index contributed by atoms with van der Waals surface area (Å²) in [6, 6.07) is 48.1. The monoisotopic (exact) mass is 1510 g/mol. The first-order valence-corrected chi connectivity index (χ1v) is 30.1. The van der Waals surface area contributed by atoms with Crippen LogP contribution in [0.1, 0.15) is 61.5 Å². The van der Waals surface area contributed by atoms with Gasteiger partial charge in [0.1, 0.15) is 64.2 Å². The second-order valence-corrected chi connectivity index (χ2v) is 21.0. The first-order chi connectivity index (χ1) is 49.2. The maximum absolute atomic E-state index is 12.9. The van der Waals surface area contributed by atoms with E-state index in [0.717, 1.165) is 83.3 Å². The molecule has 0 aliphatic carbocycles. The van der Waals surface area contributed by atoms with E-state index < -0.39 is 46.6 Å². The Hall–Kier alpha value is -9.56. The Morgan fingerprint density at radius 3 is 1.30 bits per heavy atom. The van der Waals surface area contributed by atoms with E-state index in [4.69, 9.17) is 40.9 Å². The van der Waals surface area contributed by atoms with E-state index in [-0.39, 0.29) is 151 Å². The van der Waals surface area contributed by atoms with Gasteiger partial charge in [-0.15, -0.1) is 0 Å². The number of alkyl halides is 9. The van der Waals surface area contributed by atoms with E-state index in [0.29, 0.717) is 105 Å². The summed E-state index contributed by atoms with van der Waals surface area (Å²) in [5.74, 6) is 0.0707. The Bertz CT molecular complexity index is 4500. The van der Waals surface area contributed by atoms with Crippen LogP contribution >= 0.6 is 0 Å². The standard InChI is InChI=1S/C25H22F3N5O2.C20H11F3N2O2.C12H9NO2.C8H3F4N.C5H11N3O.CH2O3.2K.H/c26-25(27,28)19-6-9-23(18(14-19)15-29)35-21-7-4-17(5-8-21)22-3-1-2-20(32-22)16-30-10-12-33-13-11-31-24(33)34;21-20(22,23)15-6-9-19(14(10-15)11-24)27-17-7-4-13(5-8-17)18-3-1-2-16(12-26)25-18;14-8-10-2-1-3-12(13-10)9-4-6-11(15)7-5-9;9-7-2-1-6(8(10,11)12)3-5(7)4-13;6-1-3-8-4-2-7-5(8)9;2-1-4-3;;;/h1-9,14,30H,10-13,16H2,(H,31,34);1-10,12H;1-8,15H;1-3H;1-4,6H2,(H,7,9);1,3H;;;/q;;;;;;2*+1;-1/p-1. The summed E-state index contributed by atoms with van der Waals surface area (Å²) in [4.78, 5) is 71.3. The third-order valence-corrected chi connectivity index (χ3v) is 14.0. The van der Waals surface area contributed by atoms with Gasteiger partial charge in [0, 0.05) is 75.6 Å². The number of nitriles is 3. The smallest absolute Gasteiger partial charge is 1.00 e. The number of nitrogens with one attached hydrogen (secondary N) is 3.